The van der Waals surface area contributed by atoms with Crippen molar-refractivity contribution in [3.63, 3.8) is 0 Å². The predicted molar refractivity (Wildman–Crippen MR) is 116 cm³/mol. The summed E-state index contributed by atoms with van der Waals surface area (Å²) in [7, 11) is -3.74. The van der Waals surface area contributed by atoms with Crippen LogP contribution in [0.4, 0.5) is 9.59 Å². The minimum absolute atomic E-state index is 0.111. The fraction of sp³-hybridized carbons (Fsp3) is 0.200. The molecule has 2 unspecified atom stereocenters. The van der Waals surface area contributed by atoms with Crippen LogP contribution in [0.3, 0.4) is 0 Å². The molecule has 2 atom stereocenters. The summed E-state index contributed by atoms with van der Waals surface area (Å²) in [5.41, 5.74) is 1.50. The first kappa shape index (κ1) is 21.6. The topological polar surface area (TPSA) is 126 Å². The maximum Gasteiger partial charge on any atom is 0.286 e. The highest BCUT2D eigenvalue weighted by molar-refractivity contribution is 8.15. The Balaban J connectivity index is 1.45. The van der Waals surface area contributed by atoms with Gasteiger partial charge in [-0.1, -0.05) is 47.8 Å². The third kappa shape index (κ3) is 4.68. The Morgan fingerprint density at radius 2 is 1.00 bits per heavy atom. The predicted octanol–water partition coefficient (Wildman–Crippen LogP) is 2.31. The highest BCUT2D eigenvalue weighted by Crippen LogP contribution is 2.27. The van der Waals surface area contributed by atoms with Gasteiger partial charge in [0.05, 0.1) is 20.3 Å². The Morgan fingerprint density at radius 3 is 1.29 bits per heavy atom. The molecule has 8 nitrogen and oxygen atoms in total. The molecule has 4 rings (SSSR count). The van der Waals surface area contributed by atoms with E-state index in [2.05, 4.69) is 10.6 Å². The van der Waals surface area contributed by atoms with Crippen molar-refractivity contribution in [3.05, 3.63) is 59.7 Å². The molecule has 0 radical (unpaired) electrons. The van der Waals surface area contributed by atoms with E-state index in [1.807, 2.05) is 0 Å². The maximum atomic E-state index is 12.9. The lowest BCUT2D eigenvalue weighted by Gasteiger charge is -2.09. The first-order valence-electron chi connectivity index (χ1n) is 9.18. The van der Waals surface area contributed by atoms with E-state index < -0.39 is 20.3 Å². The van der Waals surface area contributed by atoms with Gasteiger partial charge in [0.15, 0.2) is 0 Å². The van der Waals surface area contributed by atoms with Gasteiger partial charge in [0, 0.05) is 0 Å². The summed E-state index contributed by atoms with van der Waals surface area (Å²) < 4.78 is 25.8. The second-order valence-electron chi connectivity index (χ2n) is 6.97. The van der Waals surface area contributed by atoms with E-state index in [9.17, 15) is 27.6 Å². The quantitative estimate of drug-likeness (QED) is 0.650. The van der Waals surface area contributed by atoms with E-state index in [-0.39, 0.29) is 32.1 Å². The third-order valence-electron chi connectivity index (χ3n) is 4.84. The monoisotopic (exact) mass is 476 g/mol. The zero-order valence-electron chi connectivity index (χ0n) is 15.9. The number of amides is 4. The van der Waals surface area contributed by atoms with E-state index in [0.717, 1.165) is 34.7 Å². The van der Waals surface area contributed by atoms with E-state index >= 15 is 0 Å². The second kappa shape index (κ2) is 8.48. The smallest absolute Gasteiger partial charge is 0.286 e. The number of carbonyl (C=O) groups is 4. The lowest BCUT2D eigenvalue weighted by atomic mass is 10.1. The maximum absolute atomic E-state index is 12.9. The van der Waals surface area contributed by atoms with Crippen LogP contribution in [0.2, 0.25) is 0 Å². The van der Waals surface area contributed by atoms with Crippen LogP contribution in [0.15, 0.2) is 58.3 Å². The van der Waals surface area contributed by atoms with Gasteiger partial charge in [-0.2, -0.15) is 0 Å². The molecule has 4 amide bonds. The van der Waals surface area contributed by atoms with Crippen LogP contribution >= 0.6 is 23.5 Å². The Morgan fingerprint density at radius 1 is 0.645 bits per heavy atom. The van der Waals surface area contributed by atoms with Crippen molar-refractivity contribution < 1.29 is 27.6 Å². The van der Waals surface area contributed by atoms with Crippen molar-refractivity contribution >= 4 is 55.7 Å². The average molecular weight is 477 g/mol. The van der Waals surface area contributed by atoms with Gasteiger partial charge in [0.2, 0.25) is 21.7 Å². The van der Waals surface area contributed by atoms with Gasteiger partial charge in [-0.3, -0.25) is 29.8 Å². The Hall–Kier alpha value is -2.63. The summed E-state index contributed by atoms with van der Waals surface area (Å²) in [6.45, 7) is 0. The van der Waals surface area contributed by atoms with Crippen molar-refractivity contribution in [1.82, 2.24) is 10.6 Å². The molecule has 2 saturated heterocycles. The number of benzene rings is 2. The van der Waals surface area contributed by atoms with Gasteiger partial charge >= 0.3 is 0 Å². The van der Waals surface area contributed by atoms with E-state index in [4.69, 9.17) is 0 Å². The molecule has 0 aliphatic carbocycles. The first-order valence-corrected chi connectivity index (χ1v) is 12.4. The summed E-state index contributed by atoms with van der Waals surface area (Å²) in [5.74, 6) is -0.686. The van der Waals surface area contributed by atoms with Gasteiger partial charge in [0.1, 0.15) is 0 Å². The largest absolute Gasteiger partial charge is 0.286 e. The number of thioether (sulfide) groups is 2. The molecular formula is C20H16N2O6S3. The van der Waals surface area contributed by atoms with Gasteiger partial charge in [-0.15, -0.1) is 0 Å². The fourth-order valence-corrected chi connectivity index (χ4v) is 6.21. The zero-order chi connectivity index (χ0) is 22.2. The van der Waals surface area contributed by atoms with Gasteiger partial charge in [-0.25, -0.2) is 8.42 Å². The van der Waals surface area contributed by atoms with Crippen molar-refractivity contribution in [2.45, 2.75) is 33.1 Å². The Labute approximate surface area is 186 Å². The summed E-state index contributed by atoms with van der Waals surface area (Å²) in [6.07, 6.45) is 0.652. The van der Waals surface area contributed by atoms with Crippen LogP contribution < -0.4 is 10.6 Å². The Bertz CT molecular complexity index is 1090. The van der Waals surface area contributed by atoms with Crippen LogP contribution in [0.25, 0.3) is 0 Å². The third-order valence-corrected chi connectivity index (χ3v) is 8.59. The van der Waals surface area contributed by atoms with E-state index in [1.54, 1.807) is 24.3 Å². The average Bonchev–Trinajstić information content (AvgIpc) is 3.21. The normalized spacial score (nSPS) is 21.3. The number of nitrogens with one attached hydrogen (secondary N) is 2. The minimum atomic E-state index is -3.74. The molecule has 2 heterocycles. The van der Waals surface area contributed by atoms with Crippen LogP contribution in [-0.2, 0) is 32.3 Å². The summed E-state index contributed by atoms with van der Waals surface area (Å²) >= 11 is 1.85. The van der Waals surface area contributed by atoms with Crippen molar-refractivity contribution in [1.29, 1.82) is 0 Å². The Kier molecular flexibility index (Phi) is 5.91. The molecule has 31 heavy (non-hydrogen) atoms. The standard InChI is InChI=1S/C20H16N2O6S3/c23-17-15(29-19(25)21-17)9-11-1-5-13(6-2-11)31(27,28)14-7-3-12(4-8-14)10-16-18(24)22-20(26)30-16/h1-8,15-16H,9-10H2,(H,21,23,25)(H,22,24,26). The summed E-state index contributed by atoms with van der Waals surface area (Å²) in [6, 6.07) is 12.4. The SMILES string of the molecule is O=C1NC(=O)C(Cc2ccc(S(=O)(=O)c3ccc(CC4SC(=O)NC4=O)cc3)cc2)S1. The lowest BCUT2D eigenvalue weighted by molar-refractivity contribution is -0.119. The van der Waals surface area contributed by atoms with Crippen molar-refractivity contribution in [3.8, 4) is 0 Å². The second-order valence-corrected chi connectivity index (χ2v) is 11.3. The minimum Gasteiger partial charge on any atom is -0.286 e. The molecule has 2 N–H and O–H groups in total. The van der Waals surface area contributed by atoms with Crippen LogP contribution in [0, 0.1) is 0 Å². The first-order chi connectivity index (χ1) is 14.7. The highest BCUT2D eigenvalue weighted by Gasteiger charge is 2.32. The molecule has 160 valence electrons. The van der Waals surface area contributed by atoms with Crippen molar-refractivity contribution in [2.24, 2.45) is 0 Å². The molecule has 0 aromatic heterocycles. The number of sulfone groups is 1. The van der Waals surface area contributed by atoms with Crippen molar-refractivity contribution in [2.75, 3.05) is 0 Å². The molecule has 0 bridgehead atoms. The number of rotatable bonds is 6. The van der Waals surface area contributed by atoms with Crippen LogP contribution in [-0.4, -0.2) is 41.2 Å². The summed E-state index contributed by atoms with van der Waals surface area (Å²) in [4.78, 5) is 46.1. The van der Waals surface area contributed by atoms with Gasteiger partial charge in [-0.05, 0) is 48.2 Å². The van der Waals surface area contributed by atoms with E-state index in [0.29, 0.717) is 12.8 Å². The fourth-order valence-electron chi connectivity index (χ4n) is 3.23. The lowest BCUT2D eigenvalue weighted by Crippen LogP contribution is -2.25. The van der Waals surface area contributed by atoms with Crippen LogP contribution in [0.1, 0.15) is 11.1 Å². The number of hydrogen-bond acceptors (Lipinski definition) is 8. The number of imide groups is 2. The molecule has 11 heteroatoms. The molecule has 2 aromatic rings. The number of hydrogen-bond donors (Lipinski definition) is 2. The van der Waals surface area contributed by atoms with Gasteiger partial charge in [0.25, 0.3) is 10.5 Å². The number of carbonyl (C=O) groups excluding carboxylic acids is 4. The molecule has 0 spiro atoms. The summed E-state index contributed by atoms with van der Waals surface area (Å²) in [5, 5.41) is 2.66. The van der Waals surface area contributed by atoms with Crippen LogP contribution in [0.5, 0.6) is 0 Å². The molecule has 0 saturated carbocycles. The molecule has 2 aliphatic heterocycles. The molecule has 2 aromatic carbocycles. The van der Waals surface area contributed by atoms with Gasteiger partial charge < -0.3 is 0 Å². The highest BCUT2D eigenvalue weighted by atomic mass is 32.2. The zero-order valence-corrected chi connectivity index (χ0v) is 18.3. The molecule has 2 aliphatic rings. The molecule has 2 fully saturated rings. The molecular weight excluding hydrogens is 460 g/mol. The van der Waals surface area contributed by atoms with E-state index in [1.165, 1.54) is 24.3 Å².